The summed E-state index contributed by atoms with van der Waals surface area (Å²) in [5, 5.41) is 2.98. The summed E-state index contributed by atoms with van der Waals surface area (Å²) in [4.78, 5) is 29.4. The first kappa shape index (κ1) is 19.9. The van der Waals surface area contributed by atoms with Crippen LogP contribution in [0.25, 0.3) is 0 Å². The zero-order valence-electron chi connectivity index (χ0n) is 16.9. The molecule has 1 saturated heterocycles. The van der Waals surface area contributed by atoms with Crippen LogP contribution in [0.15, 0.2) is 54.6 Å². The number of amides is 2. The maximum absolute atomic E-state index is 13.2. The molecule has 2 aromatic carbocycles. The first-order chi connectivity index (χ1) is 13.5. The topological polar surface area (TPSA) is 52.7 Å². The van der Waals surface area contributed by atoms with Gasteiger partial charge in [-0.05, 0) is 51.0 Å². The highest BCUT2D eigenvalue weighted by Crippen LogP contribution is 2.29. The van der Waals surface area contributed by atoms with Crippen molar-refractivity contribution in [2.75, 3.05) is 25.0 Å². The summed E-state index contributed by atoms with van der Waals surface area (Å²) in [7, 11) is 1.98. The van der Waals surface area contributed by atoms with Gasteiger partial charge in [-0.3, -0.25) is 9.59 Å². The number of rotatable bonds is 5. The first-order valence-corrected chi connectivity index (χ1v) is 9.95. The Hall–Kier alpha value is -2.82. The fourth-order valence-corrected chi connectivity index (χ4v) is 3.66. The van der Waals surface area contributed by atoms with Crippen molar-refractivity contribution in [3.8, 4) is 0 Å². The minimum atomic E-state index is -0.00585. The van der Waals surface area contributed by atoms with E-state index >= 15 is 0 Å². The third-order valence-electron chi connectivity index (χ3n) is 5.22. The van der Waals surface area contributed by atoms with Crippen molar-refractivity contribution in [2.24, 2.45) is 5.92 Å². The number of carbonyl (C=O) groups is 2. The molecule has 28 heavy (non-hydrogen) atoms. The monoisotopic (exact) mass is 379 g/mol. The maximum Gasteiger partial charge on any atom is 0.255 e. The number of nitrogens with one attached hydrogen (secondary N) is 1. The molecule has 5 nitrogen and oxygen atoms in total. The second-order valence-electron chi connectivity index (χ2n) is 7.64. The van der Waals surface area contributed by atoms with Crippen LogP contribution in [0, 0.1) is 5.92 Å². The largest absolute Gasteiger partial charge is 0.354 e. The van der Waals surface area contributed by atoms with E-state index in [-0.39, 0.29) is 23.8 Å². The van der Waals surface area contributed by atoms with Gasteiger partial charge in [0.25, 0.3) is 5.91 Å². The van der Waals surface area contributed by atoms with Gasteiger partial charge in [0.2, 0.25) is 5.91 Å². The number of likely N-dealkylation sites (tertiary alicyclic amines) is 1. The van der Waals surface area contributed by atoms with Crippen LogP contribution in [0.3, 0.4) is 0 Å². The molecule has 148 valence electrons. The lowest BCUT2D eigenvalue weighted by Crippen LogP contribution is -2.44. The third-order valence-corrected chi connectivity index (χ3v) is 5.22. The van der Waals surface area contributed by atoms with Gasteiger partial charge in [0.05, 0.1) is 11.3 Å². The highest BCUT2D eigenvalue weighted by atomic mass is 16.2. The molecule has 1 aliphatic heterocycles. The number of para-hydroxylation sites is 2. The molecule has 1 aliphatic rings. The molecule has 0 unspecified atom stereocenters. The van der Waals surface area contributed by atoms with Gasteiger partial charge in [-0.25, -0.2) is 0 Å². The van der Waals surface area contributed by atoms with Crippen LogP contribution >= 0.6 is 0 Å². The van der Waals surface area contributed by atoms with E-state index in [0.29, 0.717) is 31.5 Å². The van der Waals surface area contributed by atoms with Crippen LogP contribution in [0.1, 0.15) is 37.0 Å². The zero-order valence-corrected chi connectivity index (χ0v) is 16.9. The lowest BCUT2D eigenvalue weighted by Gasteiger charge is -2.33. The summed E-state index contributed by atoms with van der Waals surface area (Å²) in [6.45, 7) is 5.16. The Morgan fingerprint density at radius 3 is 2.25 bits per heavy atom. The van der Waals surface area contributed by atoms with Crippen molar-refractivity contribution in [1.29, 1.82) is 0 Å². The Labute approximate surface area is 167 Å². The average molecular weight is 380 g/mol. The molecule has 0 radical (unpaired) electrons. The molecule has 1 fully saturated rings. The molecular formula is C23H29N3O2. The molecule has 0 aliphatic carbocycles. The maximum atomic E-state index is 13.2. The van der Waals surface area contributed by atoms with Gasteiger partial charge >= 0.3 is 0 Å². The summed E-state index contributed by atoms with van der Waals surface area (Å²) in [5.74, 6) is 0.126. The van der Waals surface area contributed by atoms with Gasteiger partial charge in [0.1, 0.15) is 0 Å². The lowest BCUT2D eigenvalue weighted by molar-refractivity contribution is -0.126. The van der Waals surface area contributed by atoms with E-state index in [2.05, 4.69) is 5.32 Å². The number of carbonyl (C=O) groups excluding carboxylic acids is 2. The SMILES string of the molecule is CC(C)NC(=O)C1CCN(C(=O)c2ccccc2N(C)c2ccccc2)CC1. The average Bonchev–Trinajstić information content (AvgIpc) is 2.73. The van der Waals surface area contributed by atoms with Crippen molar-refractivity contribution >= 4 is 23.2 Å². The van der Waals surface area contributed by atoms with Crippen LogP contribution in [0.5, 0.6) is 0 Å². The Morgan fingerprint density at radius 2 is 1.61 bits per heavy atom. The Morgan fingerprint density at radius 1 is 1.00 bits per heavy atom. The van der Waals surface area contributed by atoms with E-state index < -0.39 is 0 Å². The molecule has 0 aromatic heterocycles. The molecule has 3 rings (SSSR count). The second-order valence-corrected chi connectivity index (χ2v) is 7.64. The van der Waals surface area contributed by atoms with Crippen molar-refractivity contribution in [1.82, 2.24) is 10.2 Å². The summed E-state index contributed by atoms with van der Waals surface area (Å²) < 4.78 is 0. The Kier molecular flexibility index (Phi) is 6.34. The molecule has 1 N–H and O–H groups in total. The van der Waals surface area contributed by atoms with Gasteiger partial charge in [0.15, 0.2) is 0 Å². The van der Waals surface area contributed by atoms with E-state index in [4.69, 9.17) is 0 Å². The highest BCUT2D eigenvalue weighted by molar-refractivity contribution is 6.00. The number of anilines is 2. The van der Waals surface area contributed by atoms with Gasteiger partial charge in [-0.15, -0.1) is 0 Å². The van der Waals surface area contributed by atoms with Crippen molar-refractivity contribution in [2.45, 2.75) is 32.7 Å². The molecule has 2 aromatic rings. The van der Waals surface area contributed by atoms with Crippen LogP contribution in [-0.4, -0.2) is 42.9 Å². The van der Waals surface area contributed by atoms with Gasteiger partial charge in [-0.1, -0.05) is 30.3 Å². The normalized spacial score (nSPS) is 14.8. The molecule has 1 heterocycles. The van der Waals surface area contributed by atoms with Crippen LogP contribution < -0.4 is 10.2 Å². The zero-order chi connectivity index (χ0) is 20.1. The minimum Gasteiger partial charge on any atom is -0.354 e. The van der Waals surface area contributed by atoms with E-state index in [0.717, 1.165) is 11.4 Å². The number of hydrogen-bond donors (Lipinski definition) is 1. The van der Waals surface area contributed by atoms with Gasteiger partial charge < -0.3 is 15.1 Å². The predicted molar refractivity (Wildman–Crippen MR) is 113 cm³/mol. The third kappa shape index (κ3) is 4.53. The molecule has 0 spiro atoms. The number of hydrogen-bond acceptors (Lipinski definition) is 3. The summed E-state index contributed by atoms with van der Waals surface area (Å²) in [6, 6.07) is 17.9. The second kappa shape index (κ2) is 8.91. The molecule has 0 atom stereocenters. The smallest absolute Gasteiger partial charge is 0.255 e. The number of nitrogens with zero attached hydrogens (tertiary/aromatic N) is 2. The van der Waals surface area contributed by atoms with Crippen LogP contribution in [-0.2, 0) is 4.79 Å². The summed E-state index contributed by atoms with van der Waals surface area (Å²) >= 11 is 0. The quantitative estimate of drug-likeness (QED) is 0.859. The fourth-order valence-electron chi connectivity index (χ4n) is 3.66. The van der Waals surface area contributed by atoms with E-state index in [1.165, 1.54) is 0 Å². The van der Waals surface area contributed by atoms with Crippen LogP contribution in [0.2, 0.25) is 0 Å². The minimum absolute atomic E-state index is 0.00585. The fraction of sp³-hybridized carbons (Fsp3) is 0.391. The summed E-state index contributed by atoms with van der Waals surface area (Å²) in [5.41, 5.74) is 2.61. The van der Waals surface area contributed by atoms with Gasteiger partial charge in [-0.2, -0.15) is 0 Å². The van der Waals surface area contributed by atoms with E-state index in [9.17, 15) is 9.59 Å². The molecule has 0 bridgehead atoms. The Balaban J connectivity index is 1.71. The van der Waals surface area contributed by atoms with Gasteiger partial charge in [0, 0.05) is 37.8 Å². The highest BCUT2D eigenvalue weighted by Gasteiger charge is 2.29. The standard InChI is InChI=1S/C23H29N3O2/c1-17(2)24-22(27)18-13-15-26(16-14-18)23(28)20-11-7-8-12-21(20)25(3)19-9-5-4-6-10-19/h4-12,17-18H,13-16H2,1-3H3,(H,24,27). The Bertz CT molecular complexity index is 812. The first-order valence-electron chi connectivity index (χ1n) is 9.95. The lowest BCUT2D eigenvalue weighted by atomic mass is 9.95. The van der Waals surface area contributed by atoms with E-state index in [1.807, 2.05) is 85.3 Å². The number of piperidine rings is 1. The van der Waals surface area contributed by atoms with E-state index in [1.54, 1.807) is 0 Å². The molecular weight excluding hydrogens is 350 g/mol. The molecule has 5 heteroatoms. The van der Waals surface area contributed by atoms with Crippen molar-refractivity contribution in [3.05, 3.63) is 60.2 Å². The molecule has 0 saturated carbocycles. The van der Waals surface area contributed by atoms with Crippen LogP contribution in [0.4, 0.5) is 11.4 Å². The summed E-state index contributed by atoms with van der Waals surface area (Å²) in [6.07, 6.45) is 1.42. The van der Waals surface area contributed by atoms with Crippen molar-refractivity contribution < 1.29 is 9.59 Å². The molecule has 2 amide bonds. The predicted octanol–water partition coefficient (Wildman–Crippen LogP) is 3.83. The van der Waals surface area contributed by atoms with Crippen molar-refractivity contribution in [3.63, 3.8) is 0 Å². The number of benzene rings is 2.